The first-order chi connectivity index (χ1) is 11.7. The van der Waals surface area contributed by atoms with Gasteiger partial charge in [0.1, 0.15) is 5.82 Å². The Labute approximate surface area is 144 Å². The standard InChI is InChI=1S/C20H29FN2O/c21-18-10-2-1-9-17(18)20(11-3-4-12-20)19(24)22-13-5-6-14-23-15-7-8-16-23/h1-2,9-10H,3-8,11-16H2,(H,22,24). The molecule has 0 atom stereocenters. The number of carbonyl (C=O) groups excluding carboxylic acids is 1. The number of halogens is 1. The van der Waals surface area contributed by atoms with Gasteiger partial charge in [0.15, 0.2) is 0 Å². The van der Waals surface area contributed by atoms with Gasteiger partial charge in [-0.25, -0.2) is 4.39 Å². The first-order valence-electron chi connectivity index (χ1n) is 9.48. The SMILES string of the molecule is O=C(NCCCCN1CCCC1)C1(c2ccccc2F)CCCC1. The highest BCUT2D eigenvalue weighted by molar-refractivity contribution is 5.88. The fourth-order valence-corrected chi connectivity index (χ4v) is 4.28. The molecule has 132 valence electrons. The van der Waals surface area contributed by atoms with Crippen molar-refractivity contribution in [3.8, 4) is 0 Å². The number of hydrogen-bond donors (Lipinski definition) is 1. The van der Waals surface area contributed by atoms with Gasteiger partial charge in [-0.1, -0.05) is 31.0 Å². The van der Waals surface area contributed by atoms with Gasteiger partial charge in [-0.05, 0) is 64.2 Å². The first kappa shape index (κ1) is 17.4. The van der Waals surface area contributed by atoms with Crippen molar-refractivity contribution in [3.05, 3.63) is 35.6 Å². The lowest BCUT2D eigenvalue weighted by atomic mass is 9.77. The Bertz CT molecular complexity index is 548. The van der Waals surface area contributed by atoms with Crippen LogP contribution in [0.4, 0.5) is 4.39 Å². The van der Waals surface area contributed by atoms with Crippen LogP contribution in [-0.4, -0.2) is 37.0 Å². The third-order valence-corrected chi connectivity index (χ3v) is 5.67. The molecule has 3 rings (SSSR count). The van der Waals surface area contributed by atoms with Crippen LogP contribution < -0.4 is 5.32 Å². The van der Waals surface area contributed by atoms with Crippen LogP contribution in [0.2, 0.25) is 0 Å². The van der Waals surface area contributed by atoms with Gasteiger partial charge in [0.2, 0.25) is 5.91 Å². The predicted octanol–water partition coefficient (Wildman–Crippen LogP) is 3.63. The average molecular weight is 332 g/mol. The number of nitrogens with one attached hydrogen (secondary N) is 1. The summed E-state index contributed by atoms with van der Waals surface area (Å²) in [4.78, 5) is 15.4. The third kappa shape index (κ3) is 3.80. The van der Waals surface area contributed by atoms with Crippen molar-refractivity contribution in [3.63, 3.8) is 0 Å². The molecule has 1 aliphatic heterocycles. The molecule has 1 heterocycles. The largest absolute Gasteiger partial charge is 0.355 e. The zero-order valence-corrected chi connectivity index (χ0v) is 14.5. The smallest absolute Gasteiger partial charge is 0.230 e. The van der Waals surface area contributed by atoms with Crippen LogP contribution in [-0.2, 0) is 10.2 Å². The highest BCUT2D eigenvalue weighted by Gasteiger charge is 2.44. The number of benzene rings is 1. The number of rotatable bonds is 7. The summed E-state index contributed by atoms with van der Waals surface area (Å²) in [6, 6.07) is 6.78. The van der Waals surface area contributed by atoms with E-state index >= 15 is 0 Å². The Morgan fingerprint density at radius 2 is 1.79 bits per heavy atom. The number of amides is 1. The van der Waals surface area contributed by atoms with E-state index in [-0.39, 0.29) is 11.7 Å². The molecule has 0 radical (unpaired) electrons. The Morgan fingerprint density at radius 3 is 2.50 bits per heavy atom. The fraction of sp³-hybridized carbons (Fsp3) is 0.650. The van der Waals surface area contributed by atoms with E-state index in [1.165, 1.54) is 32.0 Å². The lowest BCUT2D eigenvalue weighted by molar-refractivity contribution is -0.126. The fourth-order valence-electron chi connectivity index (χ4n) is 4.28. The minimum Gasteiger partial charge on any atom is -0.355 e. The molecular weight excluding hydrogens is 303 g/mol. The van der Waals surface area contributed by atoms with Crippen molar-refractivity contribution in [2.45, 2.75) is 56.8 Å². The van der Waals surface area contributed by atoms with Gasteiger partial charge in [-0.3, -0.25) is 4.79 Å². The maximum absolute atomic E-state index is 14.3. The molecule has 2 fully saturated rings. The van der Waals surface area contributed by atoms with Crippen molar-refractivity contribution in [2.24, 2.45) is 0 Å². The summed E-state index contributed by atoms with van der Waals surface area (Å²) in [6.45, 7) is 4.28. The molecule has 1 aromatic carbocycles. The van der Waals surface area contributed by atoms with E-state index in [4.69, 9.17) is 0 Å². The second-order valence-corrected chi connectivity index (χ2v) is 7.28. The van der Waals surface area contributed by atoms with Crippen LogP contribution in [0, 0.1) is 5.82 Å². The predicted molar refractivity (Wildman–Crippen MR) is 94.5 cm³/mol. The maximum atomic E-state index is 14.3. The van der Waals surface area contributed by atoms with Gasteiger partial charge < -0.3 is 10.2 Å². The Kier molecular flexibility index (Phi) is 5.88. The second kappa shape index (κ2) is 8.11. The van der Waals surface area contributed by atoms with Crippen molar-refractivity contribution < 1.29 is 9.18 Å². The van der Waals surface area contributed by atoms with Crippen LogP contribution in [0.3, 0.4) is 0 Å². The molecular formula is C20H29FN2O. The van der Waals surface area contributed by atoms with Crippen LogP contribution in [0.15, 0.2) is 24.3 Å². The summed E-state index contributed by atoms with van der Waals surface area (Å²) in [5.74, 6) is -0.227. The normalized spacial score (nSPS) is 20.4. The van der Waals surface area contributed by atoms with Crippen molar-refractivity contribution >= 4 is 5.91 Å². The lowest BCUT2D eigenvalue weighted by Crippen LogP contribution is -2.43. The van der Waals surface area contributed by atoms with E-state index in [2.05, 4.69) is 10.2 Å². The Morgan fingerprint density at radius 1 is 1.08 bits per heavy atom. The zero-order valence-electron chi connectivity index (χ0n) is 14.5. The van der Waals surface area contributed by atoms with Gasteiger partial charge in [-0.15, -0.1) is 0 Å². The summed E-state index contributed by atoms with van der Waals surface area (Å²) in [6.07, 6.45) is 8.26. The number of unbranched alkanes of at least 4 members (excludes halogenated alkanes) is 1. The van der Waals surface area contributed by atoms with E-state index in [0.717, 1.165) is 45.1 Å². The Balaban J connectivity index is 1.52. The molecule has 1 amide bonds. The number of carbonyl (C=O) groups is 1. The van der Waals surface area contributed by atoms with Crippen LogP contribution in [0.1, 0.15) is 56.9 Å². The molecule has 2 aliphatic rings. The van der Waals surface area contributed by atoms with E-state index in [0.29, 0.717) is 12.1 Å². The molecule has 4 heteroatoms. The molecule has 0 aromatic heterocycles. The minimum absolute atomic E-state index is 0.0197. The number of nitrogens with zero attached hydrogens (tertiary/aromatic N) is 1. The highest BCUT2D eigenvalue weighted by Crippen LogP contribution is 2.42. The molecule has 24 heavy (non-hydrogen) atoms. The number of hydrogen-bond acceptors (Lipinski definition) is 2. The van der Waals surface area contributed by atoms with Crippen molar-refractivity contribution in [1.82, 2.24) is 10.2 Å². The highest BCUT2D eigenvalue weighted by atomic mass is 19.1. The summed E-state index contributed by atoms with van der Waals surface area (Å²) < 4.78 is 14.3. The van der Waals surface area contributed by atoms with E-state index in [9.17, 15) is 9.18 Å². The molecule has 0 bridgehead atoms. The summed E-state index contributed by atoms with van der Waals surface area (Å²) >= 11 is 0. The molecule has 0 spiro atoms. The average Bonchev–Trinajstić information content (AvgIpc) is 3.27. The molecule has 1 saturated carbocycles. The third-order valence-electron chi connectivity index (χ3n) is 5.67. The molecule has 1 aliphatic carbocycles. The molecule has 1 aromatic rings. The molecule has 1 N–H and O–H groups in total. The maximum Gasteiger partial charge on any atom is 0.230 e. The van der Waals surface area contributed by atoms with Crippen LogP contribution in [0.5, 0.6) is 0 Å². The first-order valence-corrected chi connectivity index (χ1v) is 9.48. The van der Waals surface area contributed by atoms with Gasteiger partial charge in [-0.2, -0.15) is 0 Å². The summed E-state index contributed by atoms with van der Waals surface area (Å²) in [7, 11) is 0. The van der Waals surface area contributed by atoms with E-state index in [1.54, 1.807) is 12.1 Å². The minimum atomic E-state index is -0.652. The van der Waals surface area contributed by atoms with E-state index in [1.807, 2.05) is 6.07 Å². The lowest BCUT2D eigenvalue weighted by Gasteiger charge is -2.28. The van der Waals surface area contributed by atoms with Gasteiger partial charge in [0, 0.05) is 12.1 Å². The van der Waals surface area contributed by atoms with Crippen molar-refractivity contribution in [1.29, 1.82) is 0 Å². The summed E-state index contributed by atoms with van der Waals surface area (Å²) in [5, 5.41) is 3.09. The Hall–Kier alpha value is -1.42. The topological polar surface area (TPSA) is 32.3 Å². The van der Waals surface area contributed by atoms with Crippen molar-refractivity contribution in [2.75, 3.05) is 26.2 Å². The number of likely N-dealkylation sites (tertiary alicyclic amines) is 1. The summed E-state index contributed by atoms with van der Waals surface area (Å²) in [5.41, 5.74) is -0.0719. The quantitative estimate of drug-likeness (QED) is 0.773. The van der Waals surface area contributed by atoms with Crippen LogP contribution in [0.25, 0.3) is 0 Å². The van der Waals surface area contributed by atoms with Crippen LogP contribution >= 0.6 is 0 Å². The molecule has 1 saturated heterocycles. The van der Waals surface area contributed by atoms with Gasteiger partial charge in [0.25, 0.3) is 0 Å². The zero-order chi connectivity index (χ0) is 16.8. The van der Waals surface area contributed by atoms with Gasteiger partial charge >= 0.3 is 0 Å². The van der Waals surface area contributed by atoms with E-state index < -0.39 is 5.41 Å². The monoisotopic (exact) mass is 332 g/mol. The molecule has 0 unspecified atom stereocenters. The van der Waals surface area contributed by atoms with Gasteiger partial charge in [0.05, 0.1) is 5.41 Å². The second-order valence-electron chi connectivity index (χ2n) is 7.28. The molecule has 3 nitrogen and oxygen atoms in total.